The van der Waals surface area contributed by atoms with Gasteiger partial charge in [-0.3, -0.25) is 9.69 Å². The number of carboxylic acid groups (broad SMARTS) is 1. The van der Waals surface area contributed by atoms with Crippen LogP contribution in [0.1, 0.15) is 35.7 Å². The highest BCUT2D eigenvalue weighted by molar-refractivity contribution is 5.91. The van der Waals surface area contributed by atoms with Gasteiger partial charge < -0.3 is 10.8 Å². The predicted molar refractivity (Wildman–Crippen MR) is 92.3 cm³/mol. The van der Waals surface area contributed by atoms with E-state index < -0.39 is 11.4 Å². The van der Waals surface area contributed by atoms with Crippen LogP contribution in [0.4, 0.5) is 0 Å². The monoisotopic (exact) mass is 342 g/mol. The van der Waals surface area contributed by atoms with Crippen molar-refractivity contribution in [1.29, 1.82) is 0 Å². The molecular formula is C18H22N4O3. The molecule has 3 rings (SSSR count). The van der Waals surface area contributed by atoms with E-state index in [0.29, 0.717) is 12.2 Å². The number of rotatable bonds is 5. The van der Waals surface area contributed by atoms with Crippen LogP contribution in [-0.2, 0) is 11.3 Å². The fraction of sp³-hybridized carbons (Fsp3) is 0.389. The second kappa shape index (κ2) is 6.68. The second-order valence-corrected chi connectivity index (χ2v) is 6.82. The normalized spacial score (nSPS) is 17.3. The average molecular weight is 342 g/mol. The van der Waals surface area contributed by atoms with Gasteiger partial charge in [0.1, 0.15) is 0 Å². The molecule has 0 radical (unpaired) electrons. The molecule has 3 N–H and O–H groups in total. The van der Waals surface area contributed by atoms with Crippen LogP contribution < -0.4 is 5.73 Å². The van der Waals surface area contributed by atoms with E-state index in [2.05, 4.69) is 10.00 Å². The van der Waals surface area contributed by atoms with E-state index in [0.717, 1.165) is 31.5 Å². The lowest BCUT2D eigenvalue weighted by Crippen LogP contribution is -2.45. The highest BCUT2D eigenvalue weighted by Crippen LogP contribution is 2.31. The zero-order chi connectivity index (χ0) is 18.0. The van der Waals surface area contributed by atoms with Crippen molar-refractivity contribution in [2.75, 3.05) is 13.1 Å². The van der Waals surface area contributed by atoms with Crippen molar-refractivity contribution in [2.45, 2.75) is 26.3 Å². The lowest BCUT2D eigenvalue weighted by Gasteiger charge is -2.36. The largest absolute Gasteiger partial charge is 0.478 e. The van der Waals surface area contributed by atoms with Gasteiger partial charge in [-0.05, 0) is 38.1 Å². The number of carbonyl (C=O) groups excluding carboxylic acids is 1. The zero-order valence-electron chi connectivity index (χ0n) is 14.2. The van der Waals surface area contributed by atoms with Crippen LogP contribution in [0.25, 0.3) is 5.69 Å². The molecule has 1 aromatic carbocycles. The summed E-state index contributed by atoms with van der Waals surface area (Å²) in [6.45, 7) is 4.24. The van der Waals surface area contributed by atoms with Crippen LogP contribution >= 0.6 is 0 Å². The van der Waals surface area contributed by atoms with Gasteiger partial charge in [-0.2, -0.15) is 5.10 Å². The number of likely N-dealkylation sites (tertiary alicyclic amines) is 1. The van der Waals surface area contributed by atoms with Crippen LogP contribution in [0, 0.1) is 5.41 Å². The Labute approximate surface area is 146 Å². The van der Waals surface area contributed by atoms with Crippen molar-refractivity contribution in [1.82, 2.24) is 14.7 Å². The maximum Gasteiger partial charge on any atom is 0.337 e. The van der Waals surface area contributed by atoms with E-state index in [9.17, 15) is 14.7 Å². The third-order valence-electron chi connectivity index (χ3n) is 4.98. The summed E-state index contributed by atoms with van der Waals surface area (Å²) in [5, 5.41) is 13.6. The van der Waals surface area contributed by atoms with Crippen molar-refractivity contribution < 1.29 is 14.7 Å². The first-order valence-corrected chi connectivity index (χ1v) is 8.27. The maximum atomic E-state index is 11.5. The Hall–Kier alpha value is -2.67. The summed E-state index contributed by atoms with van der Waals surface area (Å²) in [6.07, 6.45) is 5.10. The Balaban J connectivity index is 1.70. The van der Waals surface area contributed by atoms with Gasteiger partial charge in [0.15, 0.2) is 0 Å². The van der Waals surface area contributed by atoms with Gasteiger partial charge in [0.25, 0.3) is 0 Å². The van der Waals surface area contributed by atoms with E-state index in [1.54, 1.807) is 35.1 Å². The van der Waals surface area contributed by atoms with Crippen LogP contribution in [-0.4, -0.2) is 44.8 Å². The minimum atomic E-state index is -0.977. The maximum absolute atomic E-state index is 11.5. The quantitative estimate of drug-likeness (QED) is 0.860. The van der Waals surface area contributed by atoms with Crippen molar-refractivity contribution in [3.8, 4) is 5.69 Å². The van der Waals surface area contributed by atoms with E-state index in [1.807, 2.05) is 13.1 Å². The molecule has 0 spiro atoms. The molecule has 1 aliphatic heterocycles. The Morgan fingerprint density at radius 2 is 1.96 bits per heavy atom. The summed E-state index contributed by atoms with van der Waals surface area (Å²) in [6, 6.07) is 6.78. The number of amides is 1. The van der Waals surface area contributed by atoms with Crippen LogP contribution in [0.5, 0.6) is 0 Å². The van der Waals surface area contributed by atoms with Gasteiger partial charge >= 0.3 is 5.97 Å². The van der Waals surface area contributed by atoms with Gasteiger partial charge in [0.2, 0.25) is 5.91 Å². The number of benzene rings is 1. The molecule has 1 fully saturated rings. The molecule has 0 bridgehead atoms. The topological polar surface area (TPSA) is 101 Å². The fourth-order valence-electron chi connectivity index (χ4n) is 3.14. The van der Waals surface area contributed by atoms with Crippen molar-refractivity contribution >= 4 is 11.9 Å². The highest BCUT2D eigenvalue weighted by Gasteiger charge is 2.35. The van der Waals surface area contributed by atoms with E-state index in [1.165, 1.54) is 0 Å². The molecule has 0 aliphatic carbocycles. The van der Waals surface area contributed by atoms with Gasteiger partial charge in [-0.15, -0.1) is 0 Å². The standard InChI is InChI=1S/C18H22N4O3/c1-18(17(19)25)6-8-21(9-7-18)11-13-10-20-22(12-13)15-5-3-2-4-14(15)16(23)24/h2-5,10,12H,6-9,11H2,1H3,(H2,19,25)(H,23,24). The smallest absolute Gasteiger partial charge is 0.337 e. The molecule has 1 aliphatic rings. The lowest BCUT2D eigenvalue weighted by molar-refractivity contribution is -0.129. The molecule has 1 amide bonds. The molecule has 0 saturated carbocycles. The molecule has 7 nitrogen and oxygen atoms in total. The summed E-state index contributed by atoms with van der Waals surface area (Å²) < 4.78 is 1.59. The summed E-state index contributed by atoms with van der Waals surface area (Å²) in [5.41, 5.74) is 6.83. The van der Waals surface area contributed by atoms with E-state index in [4.69, 9.17) is 5.73 Å². The van der Waals surface area contributed by atoms with Crippen LogP contribution in [0.2, 0.25) is 0 Å². The number of para-hydroxylation sites is 1. The summed E-state index contributed by atoms with van der Waals surface area (Å²) in [7, 11) is 0. The fourth-order valence-corrected chi connectivity index (χ4v) is 3.14. The Morgan fingerprint density at radius 3 is 2.60 bits per heavy atom. The number of nitrogens with zero attached hydrogens (tertiary/aromatic N) is 3. The number of carbonyl (C=O) groups is 2. The summed E-state index contributed by atoms with van der Waals surface area (Å²) in [5.74, 6) is -1.21. The van der Waals surface area contributed by atoms with Crippen molar-refractivity contribution in [3.63, 3.8) is 0 Å². The first kappa shape index (κ1) is 17.2. The number of hydrogen-bond acceptors (Lipinski definition) is 4. The molecule has 0 atom stereocenters. The average Bonchev–Trinajstić information content (AvgIpc) is 3.05. The number of carboxylic acids is 1. The minimum absolute atomic E-state index is 0.215. The SMILES string of the molecule is CC1(C(N)=O)CCN(Cc2cnn(-c3ccccc3C(=O)O)c2)CC1. The summed E-state index contributed by atoms with van der Waals surface area (Å²) in [4.78, 5) is 25.1. The van der Waals surface area contributed by atoms with E-state index >= 15 is 0 Å². The van der Waals surface area contributed by atoms with Crippen molar-refractivity contribution in [3.05, 3.63) is 47.8 Å². The second-order valence-electron chi connectivity index (χ2n) is 6.82. The Morgan fingerprint density at radius 1 is 1.28 bits per heavy atom. The zero-order valence-corrected chi connectivity index (χ0v) is 14.2. The van der Waals surface area contributed by atoms with Crippen LogP contribution in [0.15, 0.2) is 36.7 Å². The highest BCUT2D eigenvalue weighted by atomic mass is 16.4. The molecule has 132 valence electrons. The minimum Gasteiger partial charge on any atom is -0.478 e. The van der Waals surface area contributed by atoms with E-state index in [-0.39, 0.29) is 11.5 Å². The molecule has 0 unspecified atom stereocenters. The number of aromatic carboxylic acids is 1. The van der Waals surface area contributed by atoms with Gasteiger partial charge in [0, 0.05) is 23.7 Å². The third-order valence-corrected chi connectivity index (χ3v) is 4.98. The predicted octanol–water partition coefficient (Wildman–Crippen LogP) is 1.66. The van der Waals surface area contributed by atoms with Gasteiger partial charge in [0.05, 0.1) is 17.4 Å². The number of primary amides is 1. The van der Waals surface area contributed by atoms with Crippen LogP contribution in [0.3, 0.4) is 0 Å². The molecule has 2 aromatic rings. The first-order chi connectivity index (χ1) is 11.9. The number of hydrogen-bond donors (Lipinski definition) is 2. The van der Waals surface area contributed by atoms with Crippen molar-refractivity contribution in [2.24, 2.45) is 11.1 Å². The molecule has 1 aromatic heterocycles. The molecule has 25 heavy (non-hydrogen) atoms. The first-order valence-electron chi connectivity index (χ1n) is 8.27. The number of nitrogens with two attached hydrogens (primary N) is 1. The molecule has 2 heterocycles. The molecule has 1 saturated heterocycles. The Kier molecular flexibility index (Phi) is 4.59. The third kappa shape index (κ3) is 3.56. The number of aromatic nitrogens is 2. The lowest BCUT2D eigenvalue weighted by atomic mass is 9.80. The molecule has 7 heteroatoms. The summed E-state index contributed by atoms with van der Waals surface area (Å²) >= 11 is 0. The van der Waals surface area contributed by atoms with Gasteiger partial charge in [-0.1, -0.05) is 19.1 Å². The number of piperidine rings is 1. The van der Waals surface area contributed by atoms with Gasteiger partial charge in [-0.25, -0.2) is 9.48 Å². The Bertz CT molecular complexity index is 791. The molecular weight excluding hydrogens is 320 g/mol.